The fourth-order valence-electron chi connectivity index (χ4n) is 1.03. The quantitative estimate of drug-likeness (QED) is 0.353. The number of hydrogen-bond acceptors (Lipinski definition) is 4. The molecule has 0 aromatic heterocycles. The third kappa shape index (κ3) is 33.4. The van der Waals surface area contributed by atoms with Crippen LogP contribution in [0, 0.1) is 10.8 Å². The molecule has 0 amide bonds. The average molecular weight is 483 g/mol. The molecule has 0 radical (unpaired) electrons. The van der Waals surface area contributed by atoms with Crippen molar-refractivity contribution in [1.82, 2.24) is 0 Å². The lowest BCUT2D eigenvalue weighted by molar-refractivity contribution is -0.165. The second kappa shape index (κ2) is 29.8. The number of carbonyl (C=O) groups is 2. The van der Waals surface area contributed by atoms with E-state index in [9.17, 15) is 14.0 Å². The van der Waals surface area contributed by atoms with Crippen LogP contribution in [0.1, 0.15) is 135 Å². The third-order valence-corrected chi connectivity index (χ3v) is 3.58. The van der Waals surface area contributed by atoms with Crippen LogP contribution >= 0.6 is 0 Å². The number of halogens is 2. The van der Waals surface area contributed by atoms with Gasteiger partial charge in [-0.3, -0.25) is 14.3 Å². The van der Waals surface area contributed by atoms with Crippen LogP contribution in [0.4, 0.5) is 9.09 Å². The minimum atomic E-state index is -0.606. The molecule has 0 saturated heterocycles. The zero-order valence-electron chi connectivity index (χ0n) is 16.7. The van der Waals surface area contributed by atoms with Crippen molar-refractivity contribution in [2.24, 2.45) is 10.8 Å². The van der Waals surface area contributed by atoms with Crippen LogP contribution in [0.15, 0.2) is 0 Å². The summed E-state index contributed by atoms with van der Waals surface area (Å²) in [6.07, 6.45) is 1.51. The highest BCUT2D eigenvalue weighted by molar-refractivity contribution is 5.76. The van der Waals surface area contributed by atoms with Crippen molar-refractivity contribution >= 4 is 11.9 Å². The summed E-state index contributed by atoms with van der Waals surface area (Å²) in [5.41, 5.74) is -1.20. The Labute approximate surface area is 204 Å². The Kier molecular flexibility index (Phi) is 65.0. The molecule has 6 heteroatoms. The topological polar surface area (TPSA) is 52.6 Å². The van der Waals surface area contributed by atoms with Gasteiger partial charge in [0.25, 0.3) is 0 Å². The maximum atomic E-state index is 11.6. The highest BCUT2D eigenvalue weighted by Gasteiger charge is 2.30. The summed E-state index contributed by atoms with van der Waals surface area (Å²) < 4.78 is 21.5. The molecule has 210 valence electrons. The first-order chi connectivity index (χ1) is 10.2. The maximum Gasteiger partial charge on any atom is 0.312 e. The van der Waals surface area contributed by atoms with Gasteiger partial charge in [-0.05, 0) is 61.3 Å². The molecule has 0 bridgehead atoms. The normalized spacial score (nSPS) is 8.69. The Hall–Kier alpha value is -1.20. The van der Waals surface area contributed by atoms with Crippen molar-refractivity contribution in [3.05, 3.63) is 0 Å². The molecule has 4 nitrogen and oxygen atoms in total. The van der Waals surface area contributed by atoms with E-state index in [-0.39, 0.29) is 93.7 Å². The number of hydrogen-bond donors (Lipinski definition) is 0. The predicted molar refractivity (Wildman–Crippen MR) is 147 cm³/mol. The number of rotatable bonds is 6. The van der Waals surface area contributed by atoms with Crippen molar-refractivity contribution in [2.75, 3.05) is 13.3 Å². The van der Waals surface area contributed by atoms with Gasteiger partial charge in [-0.25, -0.2) is 4.39 Å². The first-order valence-electron chi connectivity index (χ1n) is 8.20. The molecule has 0 saturated carbocycles. The highest BCUT2D eigenvalue weighted by Crippen LogP contribution is 2.24. The number of esters is 2. The lowest BCUT2D eigenvalue weighted by atomic mass is 9.90. The number of carbonyl (C=O) groups excluding carboxylic acids is 2. The van der Waals surface area contributed by atoms with Crippen LogP contribution < -0.4 is 0 Å². The Morgan fingerprint density at radius 3 is 1.16 bits per heavy atom. The van der Waals surface area contributed by atoms with Crippen LogP contribution in [0.25, 0.3) is 0 Å². The molecule has 32 heavy (non-hydrogen) atoms. The van der Waals surface area contributed by atoms with Gasteiger partial charge >= 0.3 is 11.9 Å². The highest BCUT2D eigenvalue weighted by atomic mass is 19.1. The Morgan fingerprint density at radius 1 is 0.656 bits per heavy atom. The van der Waals surface area contributed by atoms with E-state index in [1.807, 2.05) is 48.5 Å². The molecule has 0 heterocycles. The van der Waals surface area contributed by atoms with E-state index >= 15 is 0 Å². The molecule has 0 N–H and O–H groups in total. The van der Waals surface area contributed by atoms with E-state index in [0.717, 1.165) is 6.42 Å². The van der Waals surface area contributed by atoms with E-state index in [1.54, 1.807) is 13.8 Å². The minimum absolute atomic E-state index is 0. The molecule has 0 spiro atoms. The summed E-state index contributed by atoms with van der Waals surface area (Å²) in [5.74, 6) is -0.435. The van der Waals surface area contributed by atoms with Crippen molar-refractivity contribution in [3.63, 3.8) is 0 Å². The minimum Gasteiger partial charge on any atom is -0.462 e. The van der Waals surface area contributed by atoms with E-state index in [1.165, 1.54) is 0 Å². The van der Waals surface area contributed by atoms with Gasteiger partial charge in [0.05, 0.1) is 10.8 Å². The van der Waals surface area contributed by atoms with Gasteiger partial charge in [0.1, 0.15) is 18.9 Å². The monoisotopic (exact) mass is 483 g/mol. The number of ether oxygens (including phenoxy) is 2. The standard InChI is InChI=1S/C10H20O2.C8H15FO2.8CH4.FH/c1-7-10(5,6)8(11)12-9(2,3)4;1-4-8(2,3)7(10)11-6-5-9;;;;;;;;;/h7H2,1-6H3;4-6H2,1-3H3;8*1H4;1H. The zero-order valence-corrected chi connectivity index (χ0v) is 16.7. The van der Waals surface area contributed by atoms with Gasteiger partial charge in [-0.15, -0.1) is 0 Å². The summed E-state index contributed by atoms with van der Waals surface area (Å²) in [4.78, 5) is 22.6. The van der Waals surface area contributed by atoms with Crippen LogP contribution in [0.5, 0.6) is 0 Å². The van der Waals surface area contributed by atoms with Gasteiger partial charge in [-0.1, -0.05) is 73.3 Å². The lowest BCUT2D eigenvalue weighted by Gasteiger charge is -2.27. The molecular weight excluding hydrogens is 414 g/mol. The molecule has 0 aliphatic rings. The molecule has 0 aliphatic heterocycles. The third-order valence-electron chi connectivity index (χ3n) is 3.58. The first kappa shape index (κ1) is 69.8. The molecule has 0 unspecified atom stereocenters. The molecule has 0 aromatic carbocycles. The van der Waals surface area contributed by atoms with E-state index in [0.29, 0.717) is 6.42 Å². The summed E-state index contributed by atoms with van der Waals surface area (Å²) in [6.45, 7) is 16.2. The van der Waals surface area contributed by atoms with Crippen LogP contribution in [-0.2, 0) is 19.1 Å². The van der Waals surface area contributed by atoms with Crippen molar-refractivity contribution < 1.29 is 28.2 Å². The summed E-state index contributed by atoms with van der Waals surface area (Å²) in [7, 11) is 0. The predicted octanol–water partition coefficient (Wildman–Crippen LogP) is 9.94. The van der Waals surface area contributed by atoms with Crippen LogP contribution in [-0.4, -0.2) is 30.8 Å². The molecule has 0 fully saturated rings. The maximum absolute atomic E-state index is 11.6. The smallest absolute Gasteiger partial charge is 0.312 e. The Morgan fingerprint density at radius 2 is 0.938 bits per heavy atom. The number of alkyl halides is 1. The molecule has 0 aromatic rings. The van der Waals surface area contributed by atoms with Crippen LogP contribution in [0.2, 0.25) is 0 Å². The largest absolute Gasteiger partial charge is 0.462 e. The molecule has 0 rings (SSSR count). The van der Waals surface area contributed by atoms with Crippen molar-refractivity contribution in [2.45, 2.75) is 140 Å². The summed E-state index contributed by atoms with van der Waals surface area (Å²) in [5, 5.41) is 0. The van der Waals surface area contributed by atoms with Crippen molar-refractivity contribution in [3.8, 4) is 0 Å². The van der Waals surface area contributed by atoms with Gasteiger partial charge in [0.2, 0.25) is 0 Å². The van der Waals surface area contributed by atoms with Gasteiger partial charge in [0.15, 0.2) is 0 Å². The SMILES string of the molecule is C.C.C.C.C.C.C.C.CCC(C)(C)C(=O)OC(C)(C)C.CCC(C)(C)C(=O)OCCF.F. The van der Waals surface area contributed by atoms with Gasteiger partial charge < -0.3 is 9.47 Å². The zero-order chi connectivity index (χ0) is 18.9. The molecule has 0 aliphatic carbocycles. The second-order valence-corrected chi connectivity index (χ2v) is 7.80. The van der Waals surface area contributed by atoms with E-state index in [2.05, 4.69) is 4.74 Å². The summed E-state index contributed by atoms with van der Waals surface area (Å²) in [6, 6.07) is 0. The Bertz CT molecular complexity index is 375. The average Bonchev–Trinajstić information content (AvgIpc) is 2.43. The molecule has 0 atom stereocenters. The fraction of sp³-hybridized carbons (Fsp3) is 0.923. The van der Waals surface area contributed by atoms with Gasteiger partial charge in [-0.2, -0.15) is 0 Å². The fourth-order valence-corrected chi connectivity index (χ4v) is 1.03. The second-order valence-electron chi connectivity index (χ2n) is 7.80. The van der Waals surface area contributed by atoms with E-state index in [4.69, 9.17) is 4.74 Å². The van der Waals surface area contributed by atoms with E-state index < -0.39 is 12.1 Å². The first-order valence-corrected chi connectivity index (χ1v) is 8.20. The van der Waals surface area contributed by atoms with Crippen LogP contribution in [0.3, 0.4) is 0 Å². The molecular formula is C26H68F2O4. The lowest BCUT2D eigenvalue weighted by Crippen LogP contribution is -2.33. The summed E-state index contributed by atoms with van der Waals surface area (Å²) >= 11 is 0. The van der Waals surface area contributed by atoms with Gasteiger partial charge in [0, 0.05) is 0 Å². The van der Waals surface area contributed by atoms with Crippen molar-refractivity contribution in [1.29, 1.82) is 0 Å². The Balaban J connectivity index is -0.0000000239.